The molecule has 30 heavy (non-hydrogen) atoms. The van der Waals surface area contributed by atoms with E-state index in [1.54, 1.807) is 0 Å². The monoisotopic (exact) mass is 410 g/mol. The summed E-state index contributed by atoms with van der Waals surface area (Å²) >= 11 is 0. The van der Waals surface area contributed by atoms with Gasteiger partial charge >= 0.3 is 35.8 Å². The highest BCUT2D eigenvalue weighted by Crippen LogP contribution is 2.30. The van der Waals surface area contributed by atoms with Gasteiger partial charge in [-0.3, -0.25) is 0 Å². The highest BCUT2D eigenvalue weighted by Gasteiger charge is 2.35. The fourth-order valence-electron chi connectivity index (χ4n) is 3.50. The van der Waals surface area contributed by atoms with Crippen molar-refractivity contribution in [2.75, 3.05) is 0 Å². The van der Waals surface area contributed by atoms with Gasteiger partial charge in [0.15, 0.2) is 0 Å². The molecule has 2 N–H and O–H groups in total. The molecule has 0 bridgehead atoms. The summed E-state index contributed by atoms with van der Waals surface area (Å²) in [6, 6.07) is 4.47. The lowest BCUT2D eigenvalue weighted by atomic mass is 9.91. The molecule has 0 radical (unpaired) electrons. The van der Waals surface area contributed by atoms with Crippen LogP contribution in [0.1, 0.15) is 73.3 Å². The molecule has 0 spiro atoms. The second-order valence-corrected chi connectivity index (χ2v) is 6.58. The van der Waals surface area contributed by atoms with Gasteiger partial charge in [-0.1, -0.05) is 0 Å². The molecule has 2 aromatic carbocycles. The van der Waals surface area contributed by atoms with Crippen molar-refractivity contribution in [3.63, 3.8) is 0 Å². The van der Waals surface area contributed by atoms with Gasteiger partial charge in [0.2, 0.25) is 0 Å². The zero-order valence-electron chi connectivity index (χ0n) is 14.9. The third-order valence-electron chi connectivity index (χ3n) is 4.82. The number of rotatable bonds is 5. The van der Waals surface area contributed by atoms with Gasteiger partial charge in [0.25, 0.3) is 0 Å². The number of cyclic esters (lactones) is 4. The van der Waals surface area contributed by atoms with Crippen molar-refractivity contribution in [1.82, 2.24) is 0 Å². The Morgan fingerprint density at radius 1 is 0.633 bits per heavy atom. The Bertz CT molecular complexity index is 1130. The number of carboxylic acid groups (broad SMARTS) is 2. The van der Waals surface area contributed by atoms with Crippen LogP contribution < -0.4 is 0 Å². The number of carboxylic acids is 2. The maximum atomic E-state index is 12.0. The molecule has 0 aliphatic carbocycles. The topological polar surface area (TPSA) is 161 Å². The average Bonchev–Trinajstić information content (AvgIpc) is 3.14. The van der Waals surface area contributed by atoms with Gasteiger partial charge in [0.05, 0.1) is 33.4 Å². The summed E-state index contributed by atoms with van der Waals surface area (Å²) in [4.78, 5) is 70.4. The Hall–Kier alpha value is -4.34. The number of esters is 4. The van der Waals surface area contributed by atoms with Gasteiger partial charge in [-0.15, -0.1) is 0 Å². The molecule has 0 fully saturated rings. The van der Waals surface area contributed by atoms with E-state index in [0.29, 0.717) is 0 Å². The maximum absolute atomic E-state index is 12.0. The fraction of sp³-hybridized carbons (Fsp3) is 0.100. The van der Waals surface area contributed by atoms with Gasteiger partial charge in [0.1, 0.15) is 0 Å². The van der Waals surface area contributed by atoms with E-state index < -0.39 is 35.8 Å². The number of carbonyl (C=O) groups is 6. The second-order valence-electron chi connectivity index (χ2n) is 6.58. The Morgan fingerprint density at radius 3 is 1.33 bits per heavy atom. The molecule has 0 aromatic heterocycles. The maximum Gasteiger partial charge on any atom is 0.347 e. The number of ether oxygens (including phenoxy) is 2. The first-order valence-corrected chi connectivity index (χ1v) is 8.50. The Kier molecular flexibility index (Phi) is 4.19. The predicted octanol–water partition coefficient (Wildman–Crippen LogP) is 1.49. The van der Waals surface area contributed by atoms with E-state index in [4.69, 9.17) is 0 Å². The molecule has 2 aliphatic heterocycles. The number of aryl methyl sites for hydroxylation is 2. The van der Waals surface area contributed by atoms with E-state index in [1.807, 2.05) is 0 Å². The van der Waals surface area contributed by atoms with Gasteiger partial charge in [0, 0.05) is 0 Å². The Morgan fingerprint density at radius 2 is 1.00 bits per heavy atom. The molecular weight excluding hydrogens is 400 g/mol. The van der Waals surface area contributed by atoms with Gasteiger partial charge in [-0.25, -0.2) is 28.8 Å². The fourth-order valence-corrected chi connectivity index (χ4v) is 3.50. The number of hydrogen-bond acceptors (Lipinski definition) is 8. The van der Waals surface area contributed by atoms with Crippen LogP contribution in [0, 0.1) is 0 Å². The molecule has 2 aromatic rings. The first-order valence-electron chi connectivity index (χ1n) is 8.50. The van der Waals surface area contributed by atoms with Crippen molar-refractivity contribution in [2.45, 2.75) is 12.8 Å². The van der Waals surface area contributed by atoms with Crippen LogP contribution in [0.2, 0.25) is 0 Å². The van der Waals surface area contributed by atoms with Crippen LogP contribution in [0.3, 0.4) is 0 Å². The van der Waals surface area contributed by atoms with Crippen LogP contribution in [0.5, 0.6) is 0 Å². The summed E-state index contributed by atoms with van der Waals surface area (Å²) in [5, 5.41) is 18.5. The molecular formula is C20H10O10. The number of benzene rings is 2. The number of carbonyl (C=O) groups excluding carboxylic acids is 4. The van der Waals surface area contributed by atoms with Crippen LogP contribution >= 0.6 is 0 Å². The summed E-state index contributed by atoms with van der Waals surface area (Å²) in [7, 11) is 0. The summed E-state index contributed by atoms with van der Waals surface area (Å²) in [6.45, 7) is 0. The molecule has 0 saturated heterocycles. The third-order valence-corrected chi connectivity index (χ3v) is 4.82. The standard InChI is InChI=1S/C20H10O10/c21-15(22)9-3-7(13-11(5-9)17(25)29-19(13)27)1-2-8-4-10(16(23)24)6-12-14(8)20(28)30-18(12)26/h3-6H,1-2H2,(H,21,22)(H,23,24). The van der Waals surface area contributed by atoms with Crippen molar-refractivity contribution >= 4 is 35.8 Å². The lowest BCUT2D eigenvalue weighted by Gasteiger charge is -2.10. The first-order chi connectivity index (χ1) is 14.2. The zero-order chi connectivity index (χ0) is 21.7. The van der Waals surface area contributed by atoms with E-state index in [1.165, 1.54) is 12.1 Å². The summed E-state index contributed by atoms with van der Waals surface area (Å²) in [5.41, 5.74) is -0.683. The molecule has 0 unspecified atom stereocenters. The van der Waals surface area contributed by atoms with Crippen molar-refractivity contribution in [3.8, 4) is 0 Å². The molecule has 150 valence electrons. The minimum Gasteiger partial charge on any atom is -0.478 e. The highest BCUT2D eigenvalue weighted by molar-refractivity contribution is 6.17. The number of fused-ring (bicyclic) bond motifs is 2. The lowest BCUT2D eigenvalue weighted by molar-refractivity contribution is 0.0425. The number of aromatic carboxylic acids is 2. The lowest BCUT2D eigenvalue weighted by Crippen LogP contribution is -2.09. The van der Waals surface area contributed by atoms with Crippen LogP contribution in [0.15, 0.2) is 24.3 Å². The van der Waals surface area contributed by atoms with Gasteiger partial charge < -0.3 is 19.7 Å². The van der Waals surface area contributed by atoms with Crippen LogP contribution in [0.4, 0.5) is 0 Å². The van der Waals surface area contributed by atoms with E-state index in [9.17, 15) is 39.0 Å². The Balaban J connectivity index is 1.78. The zero-order valence-corrected chi connectivity index (χ0v) is 14.9. The minimum absolute atomic E-state index is 0.0389. The molecule has 0 amide bonds. The van der Waals surface area contributed by atoms with E-state index in [-0.39, 0.29) is 57.3 Å². The molecule has 0 atom stereocenters. The van der Waals surface area contributed by atoms with Crippen molar-refractivity contribution in [3.05, 3.63) is 68.8 Å². The van der Waals surface area contributed by atoms with Crippen LogP contribution in [0.25, 0.3) is 0 Å². The molecule has 2 aliphatic rings. The summed E-state index contributed by atoms with van der Waals surface area (Å²) < 4.78 is 9.10. The molecule has 2 heterocycles. The van der Waals surface area contributed by atoms with Gasteiger partial charge in [-0.2, -0.15) is 0 Å². The Labute approximate surface area is 166 Å². The first kappa shape index (κ1) is 19.0. The third kappa shape index (κ3) is 2.91. The molecule has 4 rings (SSSR count). The van der Waals surface area contributed by atoms with Crippen LogP contribution in [-0.2, 0) is 22.3 Å². The van der Waals surface area contributed by atoms with Crippen LogP contribution in [-0.4, -0.2) is 46.0 Å². The van der Waals surface area contributed by atoms with E-state index >= 15 is 0 Å². The predicted molar refractivity (Wildman–Crippen MR) is 93.7 cm³/mol. The quantitative estimate of drug-likeness (QED) is 0.545. The largest absolute Gasteiger partial charge is 0.478 e. The molecule has 10 nitrogen and oxygen atoms in total. The molecule has 10 heteroatoms. The summed E-state index contributed by atoms with van der Waals surface area (Å²) in [5.74, 6) is -6.45. The van der Waals surface area contributed by atoms with E-state index in [0.717, 1.165) is 12.1 Å². The van der Waals surface area contributed by atoms with Gasteiger partial charge in [-0.05, 0) is 48.2 Å². The average molecular weight is 410 g/mol. The number of hydrogen-bond donors (Lipinski definition) is 2. The molecule has 0 saturated carbocycles. The highest BCUT2D eigenvalue weighted by atomic mass is 16.6. The minimum atomic E-state index is -1.32. The normalized spacial score (nSPS) is 14.3. The second kappa shape index (κ2) is 6.62. The SMILES string of the molecule is O=C(O)c1cc(CCc2cc(C(=O)O)cc3c2C(=O)OC3=O)c2c(c1)C(=O)OC2=O. The summed E-state index contributed by atoms with van der Waals surface area (Å²) in [6.07, 6.45) is -0.0777. The van der Waals surface area contributed by atoms with Crippen molar-refractivity contribution < 1.29 is 48.5 Å². The van der Waals surface area contributed by atoms with Crippen molar-refractivity contribution in [2.24, 2.45) is 0 Å². The van der Waals surface area contributed by atoms with E-state index in [2.05, 4.69) is 9.47 Å². The smallest absolute Gasteiger partial charge is 0.347 e. The van der Waals surface area contributed by atoms with Crippen molar-refractivity contribution in [1.29, 1.82) is 0 Å².